The lowest BCUT2D eigenvalue weighted by Crippen LogP contribution is -2.27. The molecule has 440 valence electrons. The predicted octanol–water partition coefficient (Wildman–Crippen LogP) is 23.3. The number of hydrogen-bond donors (Lipinski definition) is 0. The molecule has 6 aliphatic rings. The van der Waals surface area contributed by atoms with Crippen molar-refractivity contribution < 1.29 is 8.83 Å². The number of rotatable bonds is 4. The van der Waals surface area contributed by atoms with Crippen molar-refractivity contribution in [3.8, 4) is 66.8 Å². The number of furan rings is 2. The van der Waals surface area contributed by atoms with Gasteiger partial charge in [-0.15, -0.1) is 0 Å². The third-order valence-electron chi connectivity index (χ3n) is 23.8. The van der Waals surface area contributed by atoms with Gasteiger partial charge in [-0.3, -0.25) is 0 Å². The zero-order valence-corrected chi connectivity index (χ0v) is 52.6. The summed E-state index contributed by atoms with van der Waals surface area (Å²) in [5.74, 6) is 0.00401. The van der Waals surface area contributed by atoms with Crippen LogP contribution in [0.15, 0.2) is 282 Å². The van der Waals surface area contributed by atoms with Gasteiger partial charge in [-0.2, -0.15) is 0 Å². The second-order valence-electron chi connectivity index (χ2n) is 28.7. The van der Waals surface area contributed by atoms with E-state index in [-0.39, 0.29) is 16.7 Å². The highest BCUT2D eigenvalue weighted by molar-refractivity contribution is 6.21. The molecule has 2 nitrogen and oxygen atoms in total. The fourth-order valence-electron chi connectivity index (χ4n) is 20.2. The summed E-state index contributed by atoms with van der Waals surface area (Å²) in [7, 11) is 0. The topological polar surface area (TPSA) is 26.3 Å². The normalized spacial score (nSPS) is 16.0. The molecule has 2 heterocycles. The van der Waals surface area contributed by atoms with Crippen LogP contribution in [0.4, 0.5) is 0 Å². The van der Waals surface area contributed by atoms with Crippen LogP contribution in [0.25, 0.3) is 121 Å². The zero-order chi connectivity index (χ0) is 61.9. The lowest BCUT2D eigenvalue weighted by Gasteiger charge is -2.32. The maximum Gasteiger partial charge on any atom is 0.144 e. The van der Waals surface area contributed by atoms with Gasteiger partial charge in [0.05, 0.1) is 10.8 Å². The molecule has 0 bridgehead atoms. The first-order chi connectivity index (χ1) is 46.1. The molecule has 0 fully saturated rings. The van der Waals surface area contributed by atoms with E-state index in [4.69, 9.17) is 8.83 Å². The van der Waals surface area contributed by atoms with Gasteiger partial charge in [0, 0.05) is 43.9 Å². The van der Waals surface area contributed by atoms with Gasteiger partial charge in [-0.05, 0) is 192 Å². The summed E-state index contributed by atoms with van der Waals surface area (Å²) in [4.78, 5) is 0. The molecule has 1 atom stereocenters. The second kappa shape index (κ2) is 17.5. The molecule has 0 aliphatic heterocycles. The van der Waals surface area contributed by atoms with Crippen molar-refractivity contribution in [3.63, 3.8) is 0 Å². The second-order valence-corrected chi connectivity index (χ2v) is 28.7. The Hall–Kier alpha value is -11.1. The molecule has 16 aromatic rings. The van der Waals surface area contributed by atoms with Crippen molar-refractivity contribution in [2.45, 2.75) is 61.7 Å². The molecular formula is C92H60O2. The van der Waals surface area contributed by atoms with Gasteiger partial charge < -0.3 is 8.83 Å². The highest BCUT2D eigenvalue weighted by Crippen LogP contribution is 2.70. The maximum absolute atomic E-state index is 7.19. The molecule has 1 unspecified atom stereocenters. The van der Waals surface area contributed by atoms with Crippen molar-refractivity contribution in [1.82, 2.24) is 0 Å². The highest BCUT2D eigenvalue weighted by atomic mass is 16.3. The molecule has 0 N–H and O–H groups in total. The lowest BCUT2D eigenvalue weighted by molar-refractivity contribution is 0.599. The van der Waals surface area contributed by atoms with Crippen LogP contribution in [0.5, 0.6) is 0 Å². The molecule has 2 heteroatoms. The van der Waals surface area contributed by atoms with Crippen LogP contribution >= 0.6 is 0 Å². The molecule has 0 radical (unpaired) electrons. The minimum Gasteiger partial charge on any atom is -0.456 e. The Balaban J connectivity index is 0.782. The van der Waals surface area contributed by atoms with E-state index in [0.29, 0.717) is 0 Å². The van der Waals surface area contributed by atoms with Gasteiger partial charge in [0.25, 0.3) is 0 Å². The Morgan fingerprint density at radius 3 is 1.48 bits per heavy atom. The number of hydrogen-bond acceptors (Lipinski definition) is 2. The molecule has 2 aromatic heterocycles. The van der Waals surface area contributed by atoms with Gasteiger partial charge >= 0.3 is 0 Å². The minimum absolute atomic E-state index is 0.00401. The van der Waals surface area contributed by atoms with Crippen LogP contribution in [0.1, 0.15) is 117 Å². The Morgan fingerprint density at radius 1 is 0.298 bits per heavy atom. The van der Waals surface area contributed by atoms with Crippen LogP contribution in [0.3, 0.4) is 0 Å². The monoisotopic (exact) mass is 1200 g/mol. The first-order valence-electron chi connectivity index (χ1n) is 33.6. The Labute approximate surface area is 545 Å². The van der Waals surface area contributed by atoms with Gasteiger partial charge in [-0.1, -0.05) is 270 Å². The van der Waals surface area contributed by atoms with E-state index >= 15 is 0 Å². The van der Waals surface area contributed by atoms with E-state index in [1.165, 1.54) is 177 Å². The van der Waals surface area contributed by atoms with Gasteiger partial charge in [-0.25, -0.2) is 0 Å². The molecule has 0 saturated heterocycles. The van der Waals surface area contributed by atoms with Gasteiger partial charge in [0.2, 0.25) is 0 Å². The largest absolute Gasteiger partial charge is 0.456 e. The Kier molecular flexibility index (Phi) is 9.62. The van der Waals surface area contributed by atoms with Crippen LogP contribution in [0, 0.1) is 0 Å². The smallest absolute Gasteiger partial charge is 0.144 e. The van der Waals surface area contributed by atoms with E-state index < -0.39 is 10.8 Å². The molecule has 6 aliphatic carbocycles. The number of fused-ring (bicyclic) bond motifs is 37. The molecule has 14 aromatic carbocycles. The van der Waals surface area contributed by atoms with Crippen LogP contribution in [0.2, 0.25) is 0 Å². The summed E-state index contributed by atoms with van der Waals surface area (Å²) in [5.41, 5.74) is 37.8. The first-order valence-corrected chi connectivity index (χ1v) is 33.6. The van der Waals surface area contributed by atoms with E-state index in [1.807, 2.05) is 0 Å². The van der Waals surface area contributed by atoms with Gasteiger partial charge in [0.15, 0.2) is 0 Å². The summed E-state index contributed by atoms with van der Waals surface area (Å²) in [6.07, 6.45) is 0.792. The van der Waals surface area contributed by atoms with Gasteiger partial charge in [0.1, 0.15) is 22.3 Å². The molecule has 94 heavy (non-hydrogen) atoms. The lowest BCUT2D eigenvalue weighted by atomic mass is 9.68. The standard InChI is InChI=1S/C92H60O2/c1-89(2)68-33-14-11-29-61(68)83-84-64-31-13-20-39-79(64)94-88(84)85-62-43-41-53(48-74(62)90(3,4)87(85)86(83)89)65(55-32-21-23-52-22-5-6-24-54(52)55)46-51-40-42-60-66-49-77-67(50-76(66)92(75(60)47-51)71-36-17-9-27-58(71)59-28-10-18-37-72(59)92)81-73(44-45-80-82(81)63-30-12-19-38-78(63)93-80)91(77)69-34-15-7-25-56(69)57-26-8-16-35-70(57)91/h5-45,47-50,65H,46H2,1-4H3. The van der Waals surface area contributed by atoms with Crippen LogP contribution in [-0.2, 0) is 28.1 Å². The van der Waals surface area contributed by atoms with Crippen LogP contribution < -0.4 is 0 Å². The average Bonchev–Trinajstić information content (AvgIpc) is 1.50. The van der Waals surface area contributed by atoms with Crippen molar-refractivity contribution in [2.75, 3.05) is 0 Å². The van der Waals surface area contributed by atoms with E-state index in [9.17, 15) is 0 Å². The summed E-state index contributed by atoms with van der Waals surface area (Å²) in [6.45, 7) is 9.87. The van der Waals surface area contributed by atoms with E-state index in [1.54, 1.807) is 0 Å². The summed E-state index contributed by atoms with van der Waals surface area (Å²) in [5, 5.41) is 7.30. The molecule has 2 spiro atoms. The van der Waals surface area contributed by atoms with Crippen molar-refractivity contribution >= 4 is 54.6 Å². The number of benzene rings is 14. The van der Waals surface area contributed by atoms with E-state index in [2.05, 4.69) is 301 Å². The molecule has 0 amide bonds. The van der Waals surface area contributed by atoms with Crippen molar-refractivity contribution in [2.24, 2.45) is 0 Å². The SMILES string of the molecule is CC1(C)c2cc(C(Cc3ccc4c(c3)C3(c5ccccc5-c5ccccc53)c3cc5c(cc3-4)C3(c4ccccc4-c4ccccc43)c3ccc4oc6ccccc6c4c3-5)c3cccc4ccccc34)ccc2-c2c1c1c(c3c2oc2ccccc23)-c2ccccc2C1(C)C. The number of para-hydroxylation sites is 2. The quantitative estimate of drug-likeness (QED) is 0.176. The van der Waals surface area contributed by atoms with Crippen LogP contribution in [-0.4, -0.2) is 0 Å². The van der Waals surface area contributed by atoms with E-state index in [0.717, 1.165) is 34.1 Å². The summed E-state index contributed by atoms with van der Waals surface area (Å²) in [6, 6.07) is 105. The fourth-order valence-corrected chi connectivity index (χ4v) is 20.2. The zero-order valence-electron chi connectivity index (χ0n) is 52.6. The first kappa shape index (κ1) is 51.5. The molecule has 0 saturated carbocycles. The van der Waals surface area contributed by atoms with Crippen molar-refractivity contribution in [3.05, 3.63) is 356 Å². The molecular weight excluding hydrogens is 1140 g/mol. The highest BCUT2D eigenvalue weighted by Gasteiger charge is 2.57. The third-order valence-corrected chi connectivity index (χ3v) is 23.8. The van der Waals surface area contributed by atoms with Crippen molar-refractivity contribution in [1.29, 1.82) is 0 Å². The summed E-state index contributed by atoms with van der Waals surface area (Å²) >= 11 is 0. The average molecular weight is 1200 g/mol. The third kappa shape index (κ3) is 5.99. The predicted molar refractivity (Wildman–Crippen MR) is 385 cm³/mol. The maximum atomic E-state index is 7.19. The minimum atomic E-state index is -0.620. The summed E-state index contributed by atoms with van der Waals surface area (Å²) < 4.78 is 14.0. The molecule has 22 rings (SSSR count). The Bertz CT molecular complexity index is 6070. The fraction of sp³-hybridized carbons (Fsp3) is 0.109. The Morgan fingerprint density at radius 2 is 0.787 bits per heavy atom.